The highest BCUT2D eigenvalue weighted by atomic mass is 35.5. The van der Waals surface area contributed by atoms with Crippen LogP contribution in [-0.4, -0.2) is 73.8 Å². The summed E-state index contributed by atoms with van der Waals surface area (Å²) in [5.41, 5.74) is 0.582. The molecule has 0 unspecified atom stereocenters. The van der Waals surface area contributed by atoms with Gasteiger partial charge in [-0.15, -0.1) is 0 Å². The Labute approximate surface area is 217 Å². The first-order valence-corrected chi connectivity index (χ1v) is 12.2. The molecular formula is C26H25ClFN5O4. The first kappa shape index (κ1) is 24.8. The molecule has 0 spiro atoms. The molecule has 2 amide bonds. The maximum absolute atomic E-state index is 14.9. The van der Waals surface area contributed by atoms with Gasteiger partial charge in [0.25, 0.3) is 5.91 Å². The third-order valence-corrected chi connectivity index (χ3v) is 6.94. The average molecular weight is 526 g/mol. The van der Waals surface area contributed by atoms with Crippen LogP contribution in [0.2, 0.25) is 5.02 Å². The van der Waals surface area contributed by atoms with Gasteiger partial charge in [0.1, 0.15) is 40.1 Å². The number of carbonyl (C=O) groups is 2. The zero-order chi connectivity index (χ0) is 26.4. The Kier molecular flexibility index (Phi) is 6.36. The van der Waals surface area contributed by atoms with Gasteiger partial charge >= 0.3 is 0 Å². The summed E-state index contributed by atoms with van der Waals surface area (Å²) in [7, 11) is 0. The molecule has 1 atom stereocenters. The summed E-state index contributed by atoms with van der Waals surface area (Å²) in [6.45, 7) is 8.33. The van der Waals surface area contributed by atoms with E-state index in [1.165, 1.54) is 24.3 Å². The number of nitrogens with zero attached hydrogens (tertiary/aromatic N) is 5. The van der Waals surface area contributed by atoms with Gasteiger partial charge in [-0.1, -0.05) is 24.2 Å². The molecule has 1 saturated heterocycles. The fourth-order valence-electron chi connectivity index (χ4n) is 4.80. The van der Waals surface area contributed by atoms with Gasteiger partial charge in [0, 0.05) is 31.9 Å². The number of benzene rings is 1. The molecule has 192 valence electrons. The summed E-state index contributed by atoms with van der Waals surface area (Å²) in [4.78, 5) is 34.1. The minimum atomic E-state index is -0.728. The molecule has 0 bridgehead atoms. The van der Waals surface area contributed by atoms with E-state index in [2.05, 4.69) is 16.7 Å². The maximum Gasteiger partial charge on any atom is 0.260 e. The number of carbonyl (C=O) groups excluding carboxylic acids is 2. The number of ether oxygens (including phenoxy) is 1. The van der Waals surface area contributed by atoms with Crippen molar-refractivity contribution in [3.05, 3.63) is 59.5 Å². The van der Waals surface area contributed by atoms with Crippen molar-refractivity contribution in [1.82, 2.24) is 24.6 Å². The lowest BCUT2D eigenvalue weighted by Gasteiger charge is -2.39. The molecule has 1 N–H and O–H groups in total. The third kappa shape index (κ3) is 4.11. The Morgan fingerprint density at radius 1 is 1.27 bits per heavy atom. The highest BCUT2D eigenvalue weighted by molar-refractivity contribution is 6.35. The van der Waals surface area contributed by atoms with E-state index in [0.29, 0.717) is 12.2 Å². The lowest BCUT2D eigenvalue weighted by molar-refractivity contribution is -0.128. The molecule has 0 saturated carbocycles. The number of phenols is 1. The molecule has 1 fully saturated rings. The minimum Gasteiger partial charge on any atom is -0.507 e. The second kappa shape index (κ2) is 9.51. The Morgan fingerprint density at radius 3 is 2.76 bits per heavy atom. The van der Waals surface area contributed by atoms with Crippen LogP contribution in [0.25, 0.3) is 22.6 Å². The zero-order valence-electron chi connectivity index (χ0n) is 20.3. The summed E-state index contributed by atoms with van der Waals surface area (Å²) < 4.78 is 22.8. The third-order valence-electron chi connectivity index (χ3n) is 6.59. The van der Waals surface area contributed by atoms with E-state index in [-0.39, 0.29) is 76.6 Å². The van der Waals surface area contributed by atoms with Gasteiger partial charge in [0.2, 0.25) is 5.91 Å². The number of amides is 2. The van der Waals surface area contributed by atoms with Crippen molar-refractivity contribution >= 4 is 23.4 Å². The molecule has 1 aromatic carbocycles. The van der Waals surface area contributed by atoms with Crippen molar-refractivity contribution in [2.45, 2.75) is 25.9 Å². The van der Waals surface area contributed by atoms with Gasteiger partial charge in [0.05, 0.1) is 17.3 Å². The number of pyridine rings is 1. The Bertz CT molecular complexity index is 1400. The van der Waals surface area contributed by atoms with Crippen LogP contribution in [-0.2, 0) is 4.79 Å². The second-order valence-corrected chi connectivity index (χ2v) is 9.55. The predicted octanol–water partition coefficient (Wildman–Crippen LogP) is 3.92. The van der Waals surface area contributed by atoms with Crippen LogP contribution in [0.5, 0.6) is 11.5 Å². The lowest BCUT2D eigenvalue weighted by atomic mass is 10.0. The quantitative estimate of drug-likeness (QED) is 0.518. The van der Waals surface area contributed by atoms with Crippen LogP contribution in [0.15, 0.2) is 43.1 Å². The zero-order valence-corrected chi connectivity index (χ0v) is 21.1. The molecule has 0 aliphatic carbocycles. The fraction of sp³-hybridized carbons (Fsp3) is 0.308. The SMILES string of the molecule is C=CC(=O)N1CCN2C(=O)c3c(-c4ccnn4C(C)C)nc(-c4c(O)cccc4F)c(Cl)c3OC[C@H]2C1. The van der Waals surface area contributed by atoms with E-state index in [1.54, 1.807) is 26.7 Å². The molecule has 37 heavy (non-hydrogen) atoms. The number of hydrogen-bond donors (Lipinski definition) is 1. The van der Waals surface area contributed by atoms with E-state index in [0.717, 1.165) is 0 Å². The molecule has 5 rings (SSSR count). The first-order valence-electron chi connectivity index (χ1n) is 11.8. The predicted molar refractivity (Wildman–Crippen MR) is 135 cm³/mol. The highest BCUT2D eigenvalue weighted by Crippen LogP contribution is 2.46. The first-order chi connectivity index (χ1) is 17.7. The fourth-order valence-corrected chi connectivity index (χ4v) is 5.09. The van der Waals surface area contributed by atoms with Crippen molar-refractivity contribution in [3.8, 4) is 34.1 Å². The van der Waals surface area contributed by atoms with E-state index in [1.807, 2.05) is 13.8 Å². The van der Waals surface area contributed by atoms with Crippen molar-refractivity contribution < 1.29 is 23.8 Å². The monoisotopic (exact) mass is 525 g/mol. The number of hydrogen-bond acceptors (Lipinski definition) is 6. The van der Waals surface area contributed by atoms with Gasteiger partial charge in [0.15, 0.2) is 5.75 Å². The Balaban J connectivity index is 1.73. The number of fused-ring (bicyclic) bond motifs is 2. The summed E-state index contributed by atoms with van der Waals surface area (Å²) in [6.07, 6.45) is 2.83. The second-order valence-electron chi connectivity index (χ2n) is 9.17. The summed E-state index contributed by atoms with van der Waals surface area (Å²) in [6, 6.07) is 5.08. The number of piperazine rings is 1. The van der Waals surface area contributed by atoms with Gasteiger partial charge in [-0.2, -0.15) is 5.10 Å². The minimum absolute atomic E-state index is 0.0434. The van der Waals surface area contributed by atoms with Crippen LogP contribution < -0.4 is 4.74 Å². The molecule has 4 heterocycles. The number of rotatable bonds is 4. The molecule has 3 aromatic rings. The number of aromatic hydroxyl groups is 1. The molecular weight excluding hydrogens is 501 g/mol. The van der Waals surface area contributed by atoms with Gasteiger partial charge in [-0.25, -0.2) is 9.37 Å². The molecule has 2 aromatic heterocycles. The summed E-state index contributed by atoms with van der Waals surface area (Å²) >= 11 is 6.74. The summed E-state index contributed by atoms with van der Waals surface area (Å²) in [5.74, 6) is -1.63. The summed E-state index contributed by atoms with van der Waals surface area (Å²) in [5, 5.41) is 14.8. The largest absolute Gasteiger partial charge is 0.507 e. The van der Waals surface area contributed by atoms with Crippen molar-refractivity contribution in [1.29, 1.82) is 0 Å². The maximum atomic E-state index is 14.9. The number of aromatic nitrogens is 3. The molecule has 2 aliphatic rings. The van der Waals surface area contributed by atoms with Gasteiger partial charge in [-0.3, -0.25) is 14.3 Å². The topological polar surface area (TPSA) is 101 Å². The average Bonchev–Trinajstić information content (AvgIpc) is 3.32. The molecule has 2 aliphatic heterocycles. The van der Waals surface area contributed by atoms with Crippen LogP contribution in [0.3, 0.4) is 0 Å². The number of halogens is 2. The van der Waals surface area contributed by atoms with E-state index in [9.17, 15) is 19.1 Å². The Hall–Kier alpha value is -3.92. The van der Waals surface area contributed by atoms with Crippen molar-refractivity contribution in [2.24, 2.45) is 0 Å². The Morgan fingerprint density at radius 2 is 2.05 bits per heavy atom. The smallest absolute Gasteiger partial charge is 0.260 e. The van der Waals surface area contributed by atoms with E-state index >= 15 is 0 Å². The van der Waals surface area contributed by atoms with Crippen molar-refractivity contribution in [3.63, 3.8) is 0 Å². The van der Waals surface area contributed by atoms with Gasteiger partial charge in [-0.05, 0) is 38.1 Å². The van der Waals surface area contributed by atoms with Crippen LogP contribution in [0, 0.1) is 5.82 Å². The highest BCUT2D eigenvalue weighted by Gasteiger charge is 2.40. The van der Waals surface area contributed by atoms with E-state index in [4.69, 9.17) is 16.3 Å². The lowest BCUT2D eigenvalue weighted by Crippen LogP contribution is -2.57. The van der Waals surface area contributed by atoms with Crippen LogP contribution >= 0.6 is 11.6 Å². The van der Waals surface area contributed by atoms with Crippen molar-refractivity contribution in [2.75, 3.05) is 26.2 Å². The molecule has 11 heteroatoms. The van der Waals surface area contributed by atoms with Gasteiger partial charge < -0.3 is 19.6 Å². The number of phenolic OH excluding ortho intramolecular Hbond substituents is 1. The molecule has 9 nitrogen and oxygen atoms in total. The normalized spacial score (nSPS) is 17.2. The standard InChI is InChI=1S/C26H25ClFN5O4/c1-4-19(35)31-10-11-32-15(12-31)13-37-25-21(26(32)36)23(17-8-9-29-33(17)14(2)3)30-24(22(25)27)20-16(28)6-5-7-18(20)34/h4-9,14-15,34H,1,10-13H2,2-3H3/t15-/m1/s1. The van der Waals surface area contributed by atoms with Crippen LogP contribution in [0.1, 0.15) is 30.2 Å². The van der Waals surface area contributed by atoms with Crippen LogP contribution in [0.4, 0.5) is 4.39 Å². The van der Waals surface area contributed by atoms with E-state index < -0.39 is 11.9 Å². The molecule has 0 radical (unpaired) electrons.